The summed E-state index contributed by atoms with van der Waals surface area (Å²) < 4.78 is 34.3. The molecule has 0 saturated carbocycles. The van der Waals surface area contributed by atoms with E-state index in [1.54, 1.807) is 13.1 Å². The van der Waals surface area contributed by atoms with Crippen molar-refractivity contribution in [3.63, 3.8) is 0 Å². The fourth-order valence-corrected chi connectivity index (χ4v) is 6.38. The van der Waals surface area contributed by atoms with Crippen molar-refractivity contribution in [2.24, 2.45) is 0 Å². The lowest BCUT2D eigenvalue weighted by Gasteiger charge is -2.12. The number of hydrogen-bond acceptors (Lipinski definition) is 6. The highest BCUT2D eigenvalue weighted by Gasteiger charge is 2.24. The van der Waals surface area contributed by atoms with Crippen molar-refractivity contribution >= 4 is 20.7 Å². The van der Waals surface area contributed by atoms with E-state index in [2.05, 4.69) is 16.1 Å². The predicted molar refractivity (Wildman–Crippen MR) is 148 cm³/mol. The van der Waals surface area contributed by atoms with Crippen LogP contribution in [-0.4, -0.2) is 34.8 Å². The van der Waals surface area contributed by atoms with Crippen molar-refractivity contribution in [1.29, 1.82) is 0 Å². The molecule has 7 nitrogen and oxygen atoms in total. The third-order valence-corrected chi connectivity index (χ3v) is 8.31. The molecule has 8 heteroatoms. The van der Waals surface area contributed by atoms with Crippen LogP contribution in [-0.2, 0) is 33.5 Å². The maximum atomic E-state index is 13.5. The molecule has 0 aliphatic carbocycles. The minimum absolute atomic E-state index is 0.117. The Morgan fingerprint density at radius 1 is 0.895 bits per heavy atom. The molecule has 38 heavy (non-hydrogen) atoms. The van der Waals surface area contributed by atoms with Gasteiger partial charge >= 0.3 is 0 Å². The van der Waals surface area contributed by atoms with E-state index in [4.69, 9.17) is 9.72 Å². The minimum atomic E-state index is -3.64. The molecule has 0 fully saturated rings. The first kappa shape index (κ1) is 25.8. The molecule has 2 heterocycles. The molecule has 0 spiro atoms. The number of fused-ring (bicyclic) bond motifs is 1. The first-order valence-corrected chi connectivity index (χ1v) is 14.2. The molecule has 5 rings (SSSR count). The van der Waals surface area contributed by atoms with Crippen LogP contribution in [0.1, 0.15) is 27.8 Å². The van der Waals surface area contributed by atoms with Crippen molar-refractivity contribution in [2.75, 3.05) is 6.61 Å². The van der Waals surface area contributed by atoms with Gasteiger partial charge in [0.15, 0.2) is 20.7 Å². The van der Waals surface area contributed by atoms with E-state index in [9.17, 15) is 8.42 Å². The van der Waals surface area contributed by atoms with E-state index < -0.39 is 9.84 Å². The zero-order chi connectivity index (χ0) is 26.7. The van der Waals surface area contributed by atoms with Crippen molar-refractivity contribution in [3.05, 3.63) is 107 Å². The summed E-state index contributed by atoms with van der Waals surface area (Å²) in [4.78, 5) is 9.23. The Kier molecular flexibility index (Phi) is 7.35. The molecule has 0 aliphatic heterocycles. The second-order valence-electron chi connectivity index (χ2n) is 9.55. The number of sulfone groups is 1. The number of aromatic nitrogens is 4. The Labute approximate surface area is 223 Å². The van der Waals surface area contributed by atoms with Gasteiger partial charge in [0.1, 0.15) is 0 Å². The first-order valence-electron chi connectivity index (χ1n) is 12.5. The topological polar surface area (TPSA) is 87.0 Å². The van der Waals surface area contributed by atoms with Gasteiger partial charge in [-0.05, 0) is 55.7 Å². The third-order valence-electron chi connectivity index (χ3n) is 6.50. The third kappa shape index (κ3) is 5.66. The largest absolute Gasteiger partial charge is 0.375 e. The van der Waals surface area contributed by atoms with Crippen molar-refractivity contribution in [2.45, 2.75) is 44.7 Å². The van der Waals surface area contributed by atoms with Crippen LogP contribution >= 0.6 is 0 Å². The van der Waals surface area contributed by atoms with Crippen LogP contribution in [0.15, 0.2) is 84.1 Å². The average Bonchev–Trinajstić information content (AvgIpc) is 3.29. The van der Waals surface area contributed by atoms with Crippen molar-refractivity contribution < 1.29 is 13.2 Å². The summed E-state index contributed by atoms with van der Waals surface area (Å²) in [5.41, 5.74) is 6.18. The van der Waals surface area contributed by atoms with Gasteiger partial charge in [0.05, 0.1) is 37.2 Å². The lowest BCUT2D eigenvalue weighted by atomic mass is 10.1. The Hall–Kier alpha value is -3.88. The van der Waals surface area contributed by atoms with Gasteiger partial charge in [-0.3, -0.25) is 4.68 Å². The van der Waals surface area contributed by atoms with Crippen LogP contribution in [0, 0.1) is 20.8 Å². The van der Waals surface area contributed by atoms with E-state index in [1.807, 2.05) is 80.7 Å². The molecule has 0 aliphatic rings. The molecule has 3 aromatic carbocycles. The Bertz CT molecular complexity index is 1700. The van der Waals surface area contributed by atoms with E-state index in [-0.39, 0.29) is 10.8 Å². The number of benzene rings is 3. The maximum absolute atomic E-state index is 13.5. The van der Waals surface area contributed by atoms with E-state index in [0.29, 0.717) is 31.1 Å². The normalized spacial score (nSPS) is 11.8. The Balaban J connectivity index is 1.31. The summed E-state index contributed by atoms with van der Waals surface area (Å²) >= 11 is 0. The lowest BCUT2D eigenvalue weighted by molar-refractivity contribution is 0.109. The zero-order valence-electron chi connectivity index (χ0n) is 21.8. The smallest absolute Gasteiger partial charge is 0.199 e. The van der Waals surface area contributed by atoms with Gasteiger partial charge in [-0.25, -0.2) is 18.4 Å². The zero-order valence-corrected chi connectivity index (χ0v) is 22.6. The Morgan fingerprint density at radius 3 is 2.50 bits per heavy atom. The van der Waals surface area contributed by atoms with Crippen LogP contribution in [0.2, 0.25) is 0 Å². The summed E-state index contributed by atoms with van der Waals surface area (Å²) in [6.45, 7) is 6.91. The monoisotopic (exact) mass is 526 g/mol. The van der Waals surface area contributed by atoms with Crippen molar-refractivity contribution in [1.82, 2.24) is 19.7 Å². The van der Waals surface area contributed by atoms with E-state index in [0.717, 1.165) is 38.7 Å². The first-order chi connectivity index (χ1) is 18.3. The summed E-state index contributed by atoms with van der Waals surface area (Å²) in [6.07, 6.45) is 3.42. The molecule has 0 unspecified atom stereocenters. The lowest BCUT2D eigenvalue weighted by Crippen LogP contribution is -2.17. The van der Waals surface area contributed by atoms with Crippen LogP contribution in [0.4, 0.5) is 0 Å². The van der Waals surface area contributed by atoms with Crippen LogP contribution in [0.3, 0.4) is 0 Å². The van der Waals surface area contributed by atoms with Crippen molar-refractivity contribution in [3.8, 4) is 11.4 Å². The van der Waals surface area contributed by atoms with Crippen LogP contribution < -0.4 is 0 Å². The SMILES string of the molecule is Cc1ccc2nc(-c3ccc(CS(=O)(=O)c4c(C)cnn4CCOCc4ccccc4)c(C)c3)ncc2c1. The fourth-order valence-electron chi connectivity index (χ4n) is 4.51. The second kappa shape index (κ2) is 10.8. The summed E-state index contributed by atoms with van der Waals surface area (Å²) in [5.74, 6) is 0.497. The van der Waals surface area contributed by atoms with Crippen LogP contribution in [0.25, 0.3) is 22.3 Å². The van der Waals surface area contributed by atoms with E-state index >= 15 is 0 Å². The second-order valence-corrected chi connectivity index (χ2v) is 11.5. The average molecular weight is 527 g/mol. The minimum Gasteiger partial charge on any atom is -0.375 e. The standard InChI is InChI=1S/C30H30N4O3S/c1-21-9-12-28-27(15-21)18-31-29(33-28)25-10-11-26(22(2)16-25)20-38(35,36)30-23(3)17-32-34(30)13-14-37-19-24-7-5-4-6-8-24/h4-12,15-18H,13-14,19-20H2,1-3H3. The Morgan fingerprint density at radius 2 is 1.71 bits per heavy atom. The highest BCUT2D eigenvalue weighted by Crippen LogP contribution is 2.26. The van der Waals surface area contributed by atoms with Gasteiger partial charge in [-0.1, -0.05) is 54.1 Å². The molecule has 0 atom stereocenters. The molecule has 0 radical (unpaired) electrons. The molecule has 5 aromatic rings. The van der Waals surface area contributed by atoms with Crippen LogP contribution in [0.5, 0.6) is 0 Å². The molecule has 2 aromatic heterocycles. The van der Waals surface area contributed by atoms with Gasteiger partial charge in [-0.2, -0.15) is 5.10 Å². The number of ether oxygens (including phenoxy) is 1. The number of hydrogen-bond donors (Lipinski definition) is 0. The molecular weight excluding hydrogens is 496 g/mol. The number of nitrogens with zero attached hydrogens (tertiary/aromatic N) is 4. The quantitative estimate of drug-likeness (QED) is 0.232. The summed E-state index contributed by atoms with van der Waals surface area (Å²) in [5, 5.41) is 5.54. The summed E-state index contributed by atoms with van der Waals surface area (Å²) in [6, 6.07) is 21.6. The van der Waals surface area contributed by atoms with E-state index in [1.165, 1.54) is 4.68 Å². The number of aryl methyl sites for hydroxylation is 3. The highest BCUT2D eigenvalue weighted by molar-refractivity contribution is 7.90. The van der Waals surface area contributed by atoms with Gasteiger partial charge in [0, 0.05) is 22.7 Å². The van der Waals surface area contributed by atoms with Gasteiger partial charge in [-0.15, -0.1) is 0 Å². The van der Waals surface area contributed by atoms with Gasteiger partial charge in [0.2, 0.25) is 0 Å². The van der Waals surface area contributed by atoms with Gasteiger partial charge < -0.3 is 4.74 Å². The molecule has 0 bridgehead atoms. The molecule has 0 N–H and O–H groups in total. The fraction of sp³-hybridized carbons (Fsp3) is 0.233. The summed E-state index contributed by atoms with van der Waals surface area (Å²) in [7, 11) is -3.64. The molecular formula is C30H30N4O3S. The van der Waals surface area contributed by atoms with Gasteiger partial charge in [0.25, 0.3) is 0 Å². The predicted octanol–water partition coefficient (Wildman–Crippen LogP) is 5.61. The molecule has 0 saturated heterocycles. The highest BCUT2D eigenvalue weighted by atomic mass is 32.2. The molecule has 0 amide bonds. The molecule has 194 valence electrons. The number of rotatable bonds is 9. The maximum Gasteiger partial charge on any atom is 0.199 e.